The lowest BCUT2D eigenvalue weighted by Crippen LogP contribution is -2.39. The highest BCUT2D eigenvalue weighted by Crippen LogP contribution is 2.49. The monoisotopic (exact) mass is 304 g/mol. The molecule has 2 aromatic rings. The van der Waals surface area contributed by atoms with Gasteiger partial charge in [0.2, 0.25) is 0 Å². The van der Waals surface area contributed by atoms with E-state index in [4.69, 9.17) is 0 Å². The van der Waals surface area contributed by atoms with E-state index in [1.54, 1.807) is 23.5 Å². The molecule has 3 rings (SSSR count). The van der Waals surface area contributed by atoms with E-state index in [0.29, 0.717) is 13.1 Å². The Balaban J connectivity index is 1.46. The lowest BCUT2D eigenvalue weighted by Gasteiger charge is -2.15. The van der Waals surface area contributed by atoms with Crippen molar-refractivity contribution >= 4 is 17.4 Å². The minimum Gasteiger partial charge on any atom is -0.337 e. The molecule has 0 aliphatic heterocycles. The lowest BCUT2D eigenvalue weighted by atomic mass is 10.1. The van der Waals surface area contributed by atoms with Crippen LogP contribution in [-0.2, 0) is 12.0 Å². The van der Waals surface area contributed by atoms with Crippen LogP contribution in [0.25, 0.3) is 0 Å². The van der Waals surface area contributed by atoms with Crippen molar-refractivity contribution in [2.24, 2.45) is 0 Å². The Kier molecular flexibility index (Phi) is 3.92. The number of hydrogen-bond acceptors (Lipinski definition) is 2. The van der Waals surface area contributed by atoms with Gasteiger partial charge in [0.15, 0.2) is 0 Å². The van der Waals surface area contributed by atoms with Crippen LogP contribution in [0.2, 0.25) is 0 Å². The fourth-order valence-electron chi connectivity index (χ4n) is 2.34. The topological polar surface area (TPSA) is 41.1 Å². The minimum atomic E-state index is -0.269. The van der Waals surface area contributed by atoms with Gasteiger partial charge >= 0.3 is 6.03 Å². The first-order valence-corrected chi connectivity index (χ1v) is 7.86. The molecule has 0 radical (unpaired) electrons. The first-order chi connectivity index (χ1) is 10.2. The van der Waals surface area contributed by atoms with E-state index in [-0.39, 0.29) is 17.3 Å². The molecular formula is C16H17FN2OS. The highest BCUT2D eigenvalue weighted by atomic mass is 32.1. The standard InChI is InChI=1S/C16H17FN2OS/c17-13-5-3-12(4-6-13)10-18-15(20)19-11-16(7-8-16)14-2-1-9-21-14/h1-6,9H,7-8,10-11H2,(H2,18,19,20). The summed E-state index contributed by atoms with van der Waals surface area (Å²) in [6.45, 7) is 1.07. The van der Waals surface area contributed by atoms with Gasteiger partial charge in [-0.25, -0.2) is 9.18 Å². The van der Waals surface area contributed by atoms with Gasteiger partial charge in [0.05, 0.1) is 0 Å². The van der Waals surface area contributed by atoms with Gasteiger partial charge in [0.25, 0.3) is 0 Å². The van der Waals surface area contributed by atoms with Gasteiger partial charge in [-0.05, 0) is 42.0 Å². The molecular weight excluding hydrogens is 287 g/mol. The molecule has 1 aliphatic rings. The van der Waals surface area contributed by atoms with E-state index >= 15 is 0 Å². The number of urea groups is 1. The SMILES string of the molecule is O=C(NCc1ccc(F)cc1)NCC1(c2cccs2)CC1. The van der Waals surface area contributed by atoms with Crippen LogP contribution in [0.4, 0.5) is 9.18 Å². The number of thiophene rings is 1. The van der Waals surface area contributed by atoms with Gasteiger partial charge in [0.1, 0.15) is 5.82 Å². The third kappa shape index (κ3) is 3.42. The maximum atomic E-state index is 12.8. The molecule has 2 amide bonds. The lowest BCUT2D eigenvalue weighted by molar-refractivity contribution is 0.239. The van der Waals surface area contributed by atoms with Gasteiger partial charge in [-0.2, -0.15) is 0 Å². The largest absolute Gasteiger partial charge is 0.337 e. The fourth-order valence-corrected chi connectivity index (χ4v) is 3.33. The number of benzene rings is 1. The molecule has 1 aromatic carbocycles. The molecule has 0 spiro atoms. The Bertz CT molecular complexity index is 606. The van der Waals surface area contributed by atoms with Crippen molar-refractivity contribution in [1.29, 1.82) is 0 Å². The fraction of sp³-hybridized carbons (Fsp3) is 0.312. The third-order valence-electron chi connectivity index (χ3n) is 3.85. The second kappa shape index (κ2) is 5.85. The Labute approximate surface area is 127 Å². The first kappa shape index (κ1) is 14.1. The molecule has 21 heavy (non-hydrogen) atoms. The van der Waals surface area contributed by atoms with Crippen LogP contribution in [0, 0.1) is 5.82 Å². The van der Waals surface area contributed by atoms with E-state index in [1.807, 2.05) is 0 Å². The van der Waals surface area contributed by atoms with Crippen LogP contribution >= 0.6 is 11.3 Å². The molecule has 3 nitrogen and oxygen atoms in total. The molecule has 1 saturated carbocycles. The summed E-state index contributed by atoms with van der Waals surface area (Å²) >= 11 is 1.75. The number of rotatable bonds is 5. The summed E-state index contributed by atoms with van der Waals surface area (Å²) in [5, 5.41) is 7.81. The summed E-state index contributed by atoms with van der Waals surface area (Å²) < 4.78 is 12.8. The maximum Gasteiger partial charge on any atom is 0.315 e. The van der Waals surface area contributed by atoms with Gasteiger partial charge in [-0.1, -0.05) is 18.2 Å². The zero-order chi connectivity index (χ0) is 14.7. The summed E-state index contributed by atoms with van der Waals surface area (Å²) in [5.74, 6) is -0.269. The first-order valence-electron chi connectivity index (χ1n) is 6.98. The highest BCUT2D eigenvalue weighted by Gasteiger charge is 2.45. The minimum absolute atomic E-state index is 0.154. The van der Waals surface area contributed by atoms with Crippen molar-refractivity contribution in [3.63, 3.8) is 0 Å². The summed E-state index contributed by atoms with van der Waals surface area (Å²) in [6, 6.07) is 10.1. The zero-order valence-electron chi connectivity index (χ0n) is 11.6. The molecule has 0 saturated heterocycles. The van der Waals surface area contributed by atoms with Crippen LogP contribution in [0.5, 0.6) is 0 Å². The molecule has 0 bridgehead atoms. The van der Waals surface area contributed by atoms with E-state index in [9.17, 15) is 9.18 Å². The number of carbonyl (C=O) groups is 1. The highest BCUT2D eigenvalue weighted by molar-refractivity contribution is 7.10. The molecule has 110 valence electrons. The van der Waals surface area contributed by atoms with Gasteiger partial charge in [-0.15, -0.1) is 11.3 Å². The average Bonchev–Trinajstić information content (AvgIpc) is 3.08. The Morgan fingerprint density at radius 3 is 2.57 bits per heavy atom. The number of carbonyl (C=O) groups excluding carboxylic acids is 1. The predicted octanol–water partition coefficient (Wildman–Crippen LogP) is 3.42. The van der Waals surface area contributed by atoms with Gasteiger partial charge in [-0.3, -0.25) is 0 Å². The molecule has 1 aromatic heterocycles. The molecule has 5 heteroatoms. The number of amides is 2. The van der Waals surface area contributed by atoms with Crippen LogP contribution in [0.3, 0.4) is 0 Å². The van der Waals surface area contributed by atoms with Crippen molar-refractivity contribution in [2.45, 2.75) is 24.8 Å². The molecule has 1 fully saturated rings. The summed E-state index contributed by atoms with van der Waals surface area (Å²) in [4.78, 5) is 13.2. The number of halogens is 1. The quantitative estimate of drug-likeness (QED) is 0.873. The smallest absolute Gasteiger partial charge is 0.315 e. The van der Waals surface area contributed by atoms with Crippen LogP contribution in [0.15, 0.2) is 41.8 Å². The predicted molar refractivity (Wildman–Crippen MR) is 81.9 cm³/mol. The van der Waals surface area contributed by atoms with Crippen molar-refractivity contribution in [3.8, 4) is 0 Å². The number of hydrogen-bond donors (Lipinski definition) is 2. The van der Waals surface area contributed by atoms with Crippen molar-refractivity contribution in [3.05, 3.63) is 58.0 Å². The third-order valence-corrected chi connectivity index (χ3v) is 4.97. The normalized spacial score (nSPS) is 15.5. The average molecular weight is 304 g/mol. The maximum absolute atomic E-state index is 12.8. The summed E-state index contributed by atoms with van der Waals surface area (Å²) in [5.41, 5.74) is 1.03. The molecule has 1 heterocycles. The van der Waals surface area contributed by atoms with Crippen LogP contribution in [-0.4, -0.2) is 12.6 Å². The van der Waals surface area contributed by atoms with E-state index < -0.39 is 0 Å². The van der Waals surface area contributed by atoms with E-state index in [2.05, 4.69) is 28.1 Å². The van der Waals surface area contributed by atoms with E-state index in [1.165, 1.54) is 17.0 Å². The van der Waals surface area contributed by atoms with Crippen molar-refractivity contribution < 1.29 is 9.18 Å². The number of nitrogens with one attached hydrogen (secondary N) is 2. The van der Waals surface area contributed by atoms with E-state index in [0.717, 1.165) is 18.4 Å². The molecule has 2 N–H and O–H groups in total. The Morgan fingerprint density at radius 2 is 1.95 bits per heavy atom. The summed E-state index contributed by atoms with van der Waals surface area (Å²) in [7, 11) is 0. The van der Waals surface area contributed by atoms with Crippen LogP contribution < -0.4 is 10.6 Å². The molecule has 1 aliphatic carbocycles. The van der Waals surface area contributed by atoms with Crippen molar-refractivity contribution in [1.82, 2.24) is 10.6 Å². The molecule has 0 atom stereocenters. The summed E-state index contributed by atoms with van der Waals surface area (Å²) in [6.07, 6.45) is 2.26. The second-order valence-corrected chi connectivity index (χ2v) is 6.37. The molecule has 0 unspecified atom stereocenters. The van der Waals surface area contributed by atoms with Gasteiger partial charge < -0.3 is 10.6 Å². The second-order valence-electron chi connectivity index (χ2n) is 5.42. The van der Waals surface area contributed by atoms with Crippen LogP contribution in [0.1, 0.15) is 23.3 Å². The Hall–Kier alpha value is -1.88. The van der Waals surface area contributed by atoms with Gasteiger partial charge in [0, 0.05) is 23.4 Å². The Morgan fingerprint density at radius 1 is 1.19 bits per heavy atom. The van der Waals surface area contributed by atoms with Crippen molar-refractivity contribution in [2.75, 3.05) is 6.54 Å². The zero-order valence-corrected chi connectivity index (χ0v) is 12.4.